The third-order valence-corrected chi connectivity index (χ3v) is 3.65. The molecule has 86 valence electrons. The first-order valence-corrected chi connectivity index (χ1v) is 6.72. The summed E-state index contributed by atoms with van der Waals surface area (Å²) in [6.45, 7) is 3.71. The molecule has 1 rings (SSSR count). The average molecular weight is 229 g/mol. The van der Waals surface area contributed by atoms with Crippen LogP contribution in [0.1, 0.15) is 12.5 Å². The number of nitrogens with one attached hydrogen (secondary N) is 1. The van der Waals surface area contributed by atoms with E-state index in [1.807, 2.05) is 26.4 Å². The van der Waals surface area contributed by atoms with Crippen molar-refractivity contribution in [2.75, 3.05) is 19.3 Å². The maximum atomic E-state index is 11.1. The van der Waals surface area contributed by atoms with Crippen LogP contribution in [0.4, 0.5) is 0 Å². The van der Waals surface area contributed by atoms with Gasteiger partial charge < -0.3 is 5.32 Å². The summed E-state index contributed by atoms with van der Waals surface area (Å²) in [5.41, 5.74) is 1.23. The summed E-state index contributed by atoms with van der Waals surface area (Å²) in [5, 5.41) is 7.61. The minimum absolute atomic E-state index is 0.221. The van der Waals surface area contributed by atoms with Gasteiger partial charge >= 0.3 is 0 Å². The number of aromatic nitrogens is 2. The molecule has 0 saturated heterocycles. The Balaban J connectivity index is 2.14. The highest BCUT2D eigenvalue weighted by Crippen LogP contribution is 1.96. The van der Waals surface area contributed by atoms with Crippen molar-refractivity contribution in [2.45, 2.75) is 18.6 Å². The van der Waals surface area contributed by atoms with Gasteiger partial charge in [0.2, 0.25) is 0 Å². The molecule has 2 atom stereocenters. The van der Waals surface area contributed by atoms with Crippen molar-refractivity contribution in [2.24, 2.45) is 7.05 Å². The number of aryl methyl sites for hydroxylation is 1. The molecule has 0 amide bonds. The van der Waals surface area contributed by atoms with Gasteiger partial charge in [0.1, 0.15) is 0 Å². The smallest absolute Gasteiger partial charge is 0.0522 e. The van der Waals surface area contributed by atoms with E-state index in [-0.39, 0.29) is 5.25 Å². The van der Waals surface area contributed by atoms with E-state index in [2.05, 4.69) is 10.4 Å². The van der Waals surface area contributed by atoms with Crippen LogP contribution >= 0.6 is 0 Å². The van der Waals surface area contributed by atoms with Crippen LogP contribution in [0.25, 0.3) is 0 Å². The predicted octanol–water partition coefficient (Wildman–Crippen LogP) is 0.319. The Kier molecular flexibility index (Phi) is 4.98. The third-order valence-electron chi connectivity index (χ3n) is 2.35. The lowest BCUT2D eigenvalue weighted by Gasteiger charge is -2.08. The molecule has 1 N–H and O–H groups in total. The summed E-state index contributed by atoms with van der Waals surface area (Å²) in [6.07, 6.45) is 6.61. The van der Waals surface area contributed by atoms with Gasteiger partial charge in [0.25, 0.3) is 0 Å². The lowest BCUT2D eigenvalue weighted by Crippen LogP contribution is -2.29. The summed E-state index contributed by atoms with van der Waals surface area (Å²) in [5.74, 6) is 0. The number of hydrogen-bond donors (Lipinski definition) is 1. The van der Waals surface area contributed by atoms with Crippen molar-refractivity contribution < 1.29 is 4.21 Å². The van der Waals surface area contributed by atoms with Gasteiger partial charge in [-0.2, -0.15) is 5.10 Å². The van der Waals surface area contributed by atoms with E-state index in [1.165, 1.54) is 5.56 Å². The number of hydrogen-bond acceptors (Lipinski definition) is 3. The average Bonchev–Trinajstić information content (AvgIpc) is 2.58. The summed E-state index contributed by atoms with van der Waals surface area (Å²) in [6, 6.07) is 0. The van der Waals surface area contributed by atoms with Crippen molar-refractivity contribution >= 4 is 10.8 Å². The van der Waals surface area contributed by atoms with Crippen molar-refractivity contribution in [3.05, 3.63) is 18.0 Å². The fourth-order valence-corrected chi connectivity index (χ4v) is 1.61. The van der Waals surface area contributed by atoms with Gasteiger partial charge in [0.05, 0.1) is 6.20 Å². The lowest BCUT2D eigenvalue weighted by molar-refractivity contribution is 0.646. The molecular weight excluding hydrogens is 210 g/mol. The maximum Gasteiger partial charge on any atom is 0.0522 e. The molecule has 0 spiro atoms. The standard InChI is InChI=1S/C10H19N3OS/c1-9(15(3)14)6-11-5-4-10-7-12-13(2)8-10/h7-9,11H,4-6H2,1-3H3. The largest absolute Gasteiger partial charge is 0.315 e. The van der Waals surface area contributed by atoms with Crippen LogP contribution in [0.5, 0.6) is 0 Å². The first-order valence-electron chi connectivity index (χ1n) is 5.10. The van der Waals surface area contributed by atoms with E-state index in [0.29, 0.717) is 0 Å². The van der Waals surface area contributed by atoms with Gasteiger partial charge in [-0.3, -0.25) is 8.89 Å². The van der Waals surface area contributed by atoms with E-state index in [1.54, 1.807) is 10.9 Å². The zero-order chi connectivity index (χ0) is 11.3. The molecule has 0 aliphatic heterocycles. The molecule has 5 heteroatoms. The summed E-state index contributed by atoms with van der Waals surface area (Å²) in [7, 11) is 1.18. The van der Waals surface area contributed by atoms with Crippen LogP contribution in [0.3, 0.4) is 0 Å². The molecule has 0 fully saturated rings. The third kappa shape index (κ3) is 4.57. The quantitative estimate of drug-likeness (QED) is 0.715. The van der Waals surface area contributed by atoms with Crippen LogP contribution in [0, 0.1) is 0 Å². The molecule has 0 aromatic carbocycles. The fourth-order valence-electron chi connectivity index (χ4n) is 1.26. The Morgan fingerprint density at radius 2 is 2.40 bits per heavy atom. The number of rotatable bonds is 6. The molecule has 1 aromatic heterocycles. The first-order chi connectivity index (χ1) is 7.09. The molecule has 2 unspecified atom stereocenters. The molecule has 1 aromatic rings. The van der Waals surface area contributed by atoms with E-state index < -0.39 is 10.8 Å². The summed E-state index contributed by atoms with van der Waals surface area (Å²) in [4.78, 5) is 0. The maximum absolute atomic E-state index is 11.1. The topological polar surface area (TPSA) is 46.9 Å². The molecule has 0 radical (unpaired) electrons. The highest BCUT2D eigenvalue weighted by atomic mass is 32.2. The summed E-state index contributed by atoms with van der Waals surface area (Å²) >= 11 is 0. The monoisotopic (exact) mass is 229 g/mol. The molecule has 15 heavy (non-hydrogen) atoms. The van der Waals surface area contributed by atoms with Crippen molar-refractivity contribution in [1.82, 2.24) is 15.1 Å². The Bertz CT molecular complexity index is 324. The first kappa shape index (κ1) is 12.4. The number of nitrogens with zero attached hydrogens (tertiary/aromatic N) is 2. The second-order valence-corrected chi connectivity index (χ2v) is 5.59. The lowest BCUT2D eigenvalue weighted by atomic mass is 10.2. The van der Waals surface area contributed by atoms with Crippen molar-refractivity contribution in [3.8, 4) is 0 Å². The second kappa shape index (κ2) is 6.02. The molecule has 1 heterocycles. The van der Waals surface area contributed by atoms with E-state index in [9.17, 15) is 4.21 Å². The molecule has 0 bridgehead atoms. The normalized spacial score (nSPS) is 15.1. The molecule has 4 nitrogen and oxygen atoms in total. The van der Waals surface area contributed by atoms with Crippen LogP contribution in [0.15, 0.2) is 12.4 Å². The molecule has 0 saturated carbocycles. The Morgan fingerprint density at radius 3 is 2.93 bits per heavy atom. The summed E-state index contributed by atoms with van der Waals surface area (Å²) < 4.78 is 12.9. The van der Waals surface area contributed by atoms with Crippen LogP contribution in [-0.4, -0.2) is 38.6 Å². The van der Waals surface area contributed by atoms with Gasteiger partial charge in [-0.15, -0.1) is 0 Å². The van der Waals surface area contributed by atoms with Crippen LogP contribution in [-0.2, 0) is 24.3 Å². The molecular formula is C10H19N3OS. The molecule has 0 aliphatic rings. The van der Waals surface area contributed by atoms with Gasteiger partial charge in [-0.25, -0.2) is 0 Å². The van der Waals surface area contributed by atoms with E-state index in [4.69, 9.17) is 0 Å². The van der Waals surface area contributed by atoms with Crippen LogP contribution in [0.2, 0.25) is 0 Å². The van der Waals surface area contributed by atoms with E-state index in [0.717, 1.165) is 19.5 Å². The van der Waals surface area contributed by atoms with Gasteiger partial charge in [0, 0.05) is 42.1 Å². The zero-order valence-electron chi connectivity index (χ0n) is 9.56. The SMILES string of the molecule is CC(CNCCc1cnn(C)c1)S(C)=O. The second-order valence-electron chi connectivity index (χ2n) is 3.79. The van der Waals surface area contributed by atoms with Gasteiger partial charge in [0.15, 0.2) is 0 Å². The van der Waals surface area contributed by atoms with E-state index >= 15 is 0 Å². The molecule has 0 aliphatic carbocycles. The van der Waals surface area contributed by atoms with Gasteiger partial charge in [-0.1, -0.05) is 0 Å². The van der Waals surface area contributed by atoms with Crippen LogP contribution < -0.4 is 5.32 Å². The minimum atomic E-state index is -0.733. The Labute approximate surface area is 93.5 Å². The minimum Gasteiger partial charge on any atom is -0.315 e. The zero-order valence-corrected chi connectivity index (χ0v) is 10.4. The Morgan fingerprint density at radius 1 is 1.67 bits per heavy atom. The highest BCUT2D eigenvalue weighted by molar-refractivity contribution is 7.84. The van der Waals surface area contributed by atoms with Crippen molar-refractivity contribution in [3.63, 3.8) is 0 Å². The predicted molar refractivity (Wildman–Crippen MR) is 63.3 cm³/mol. The van der Waals surface area contributed by atoms with Gasteiger partial charge in [-0.05, 0) is 25.5 Å². The Hall–Kier alpha value is -0.680. The highest BCUT2D eigenvalue weighted by Gasteiger charge is 2.04. The fraction of sp³-hybridized carbons (Fsp3) is 0.700. The van der Waals surface area contributed by atoms with Crippen molar-refractivity contribution in [1.29, 1.82) is 0 Å².